The van der Waals surface area contributed by atoms with E-state index in [1.54, 1.807) is 12.1 Å². The van der Waals surface area contributed by atoms with Crippen molar-refractivity contribution in [1.82, 2.24) is 15.1 Å². The van der Waals surface area contributed by atoms with Crippen molar-refractivity contribution in [3.63, 3.8) is 0 Å². The molecule has 2 saturated heterocycles. The Labute approximate surface area is 195 Å². The smallest absolute Gasteiger partial charge is 0.194 e. The molecule has 2 atom stereocenters. The lowest BCUT2D eigenvalue weighted by Gasteiger charge is -2.29. The van der Waals surface area contributed by atoms with Crippen molar-refractivity contribution in [3.8, 4) is 5.75 Å². The molecule has 1 aromatic rings. The highest BCUT2D eigenvalue weighted by atomic mass is 127. The number of benzene rings is 1. The molecule has 2 fully saturated rings. The molecular formula is C21H34FIN4O3. The molecule has 0 spiro atoms. The van der Waals surface area contributed by atoms with E-state index in [0.717, 1.165) is 64.9 Å². The Morgan fingerprint density at radius 1 is 1.30 bits per heavy atom. The molecule has 2 aliphatic heterocycles. The molecule has 2 unspecified atom stereocenters. The van der Waals surface area contributed by atoms with Crippen LogP contribution in [0.15, 0.2) is 29.3 Å². The maximum atomic E-state index is 12.9. The summed E-state index contributed by atoms with van der Waals surface area (Å²) in [5.74, 6) is 1.70. The van der Waals surface area contributed by atoms with Gasteiger partial charge in [-0.3, -0.25) is 9.89 Å². The SMILES string of the molecule is CCNC(=NCC(O)COc1ccc(F)cc1)N1CCC(CN2CCOCC2)C1.I. The zero-order chi connectivity index (χ0) is 20.5. The van der Waals surface area contributed by atoms with Gasteiger partial charge in [-0.05, 0) is 43.5 Å². The Hall–Kier alpha value is -1.17. The average molecular weight is 536 g/mol. The Kier molecular flexibility index (Phi) is 11.1. The van der Waals surface area contributed by atoms with Crippen molar-refractivity contribution >= 4 is 29.9 Å². The summed E-state index contributed by atoms with van der Waals surface area (Å²) in [6.07, 6.45) is 0.429. The van der Waals surface area contributed by atoms with Crippen LogP contribution in [0.5, 0.6) is 5.75 Å². The first-order valence-electron chi connectivity index (χ1n) is 10.5. The minimum atomic E-state index is -0.722. The number of rotatable bonds is 8. The first kappa shape index (κ1) is 25.1. The van der Waals surface area contributed by atoms with Gasteiger partial charge in [0.25, 0.3) is 0 Å². The fourth-order valence-corrected chi connectivity index (χ4v) is 3.72. The minimum Gasteiger partial charge on any atom is -0.491 e. The van der Waals surface area contributed by atoms with E-state index in [1.165, 1.54) is 12.1 Å². The number of aliphatic hydroxyl groups is 1. The van der Waals surface area contributed by atoms with E-state index in [4.69, 9.17) is 9.47 Å². The highest BCUT2D eigenvalue weighted by Crippen LogP contribution is 2.18. The lowest BCUT2D eigenvalue weighted by atomic mass is 10.1. The number of halogens is 2. The van der Waals surface area contributed by atoms with Crippen molar-refractivity contribution in [2.24, 2.45) is 10.9 Å². The largest absolute Gasteiger partial charge is 0.491 e. The number of nitrogens with zero attached hydrogens (tertiary/aromatic N) is 3. The van der Waals surface area contributed by atoms with Gasteiger partial charge in [-0.15, -0.1) is 24.0 Å². The van der Waals surface area contributed by atoms with Gasteiger partial charge in [-0.2, -0.15) is 0 Å². The van der Waals surface area contributed by atoms with E-state index in [1.807, 2.05) is 6.92 Å². The summed E-state index contributed by atoms with van der Waals surface area (Å²) in [4.78, 5) is 9.38. The Morgan fingerprint density at radius 2 is 2.03 bits per heavy atom. The summed E-state index contributed by atoms with van der Waals surface area (Å²) in [6.45, 7) is 9.97. The first-order chi connectivity index (χ1) is 14.1. The van der Waals surface area contributed by atoms with Gasteiger partial charge in [0, 0.05) is 39.3 Å². The van der Waals surface area contributed by atoms with Gasteiger partial charge in [0.05, 0.1) is 19.8 Å². The molecule has 0 saturated carbocycles. The van der Waals surface area contributed by atoms with E-state index in [2.05, 4.69) is 20.1 Å². The molecule has 0 bridgehead atoms. The second-order valence-corrected chi connectivity index (χ2v) is 7.63. The van der Waals surface area contributed by atoms with Crippen LogP contribution in [0.2, 0.25) is 0 Å². The van der Waals surface area contributed by atoms with Crippen molar-refractivity contribution in [2.75, 3.05) is 65.6 Å². The summed E-state index contributed by atoms with van der Waals surface area (Å²) in [5, 5.41) is 13.6. The molecule has 170 valence electrons. The summed E-state index contributed by atoms with van der Waals surface area (Å²) in [5.41, 5.74) is 0. The van der Waals surface area contributed by atoms with Gasteiger partial charge in [-0.1, -0.05) is 0 Å². The number of morpholine rings is 1. The second-order valence-electron chi connectivity index (χ2n) is 7.63. The lowest BCUT2D eigenvalue weighted by Crippen LogP contribution is -2.42. The van der Waals surface area contributed by atoms with Gasteiger partial charge in [0.15, 0.2) is 5.96 Å². The van der Waals surface area contributed by atoms with Gasteiger partial charge in [-0.25, -0.2) is 4.39 Å². The van der Waals surface area contributed by atoms with Crippen LogP contribution in [-0.4, -0.2) is 92.6 Å². The number of guanidine groups is 1. The van der Waals surface area contributed by atoms with Crippen LogP contribution in [-0.2, 0) is 4.74 Å². The van der Waals surface area contributed by atoms with Crippen LogP contribution in [0.1, 0.15) is 13.3 Å². The summed E-state index contributed by atoms with van der Waals surface area (Å²) >= 11 is 0. The van der Waals surface area contributed by atoms with E-state index >= 15 is 0 Å². The predicted octanol–water partition coefficient (Wildman–Crippen LogP) is 1.80. The van der Waals surface area contributed by atoms with Crippen molar-refractivity contribution < 1.29 is 19.0 Å². The second kappa shape index (κ2) is 13.3. The van der Waals surface area contributed by atoms with Gasteiger partial charge in [0.2, 0.25) is 0 Å². The average Bonchev–Trinajstić information content (AvgIpc) is 3.19. The predicted molar refractivity (Wildman–Crippen MR) is 126 cm³/mol. The molecule has 2 N–H and O–H groups in total. The van der Waals surface area contributed by atoms with Crippen molar-refractivity contribution in [1.29, 1.82) is 0 Å². The normalized spacial score (nSPS) is 21.2. The molecule has 7 nitrogen and oxygen atoms in total. The summed E-state index contributed by atoms with van der Waals surface area (Å²) in [6, 6.07) is 5.77. The fraction of sp³-hybridized carbons (Fsp3) is 0.667. The molecule has 0 aliphatic carbocycles. The zero-order valence-corrected chi connectivity index (χ0v) is 20.0. The summed E-state index contributed by atoms with van der Waals surface area (Å²) in [7, 11) is 0. The van der Waals surface area contributed by atoms with E-state index in [0.29, 0.717) is 11.7 Å². The molecule has 2 heterocycles. The first-order valence-corrected chi connectivity index (χ1v) is 10.5. The van der Waals surface area contributed by atoms with Crippen molar-refractivity contribution in [3.05, 3.63) is 30.1 Å². The monoisotopic (exact) mass is 536 g/mol. The molecule has 0 amide bonds. The van der Waals surface area contributed by atoms with Crippen LogP contribution in [0.25, 0.3) is 0 Å². The van der Waals surface area contributed by atoms with E-state index in [-0.39, 0.29) is 42.9 Å². The third kappa shape index (κ3) is 8.16. The van der Waals surface area contributed by atoms with Crippen molar-refractivity contribution in [2.45, 2.75) is 19.4 Å². The maximum Gasteiger partial charge on any atom is 0.194 e. The number of hydrogen-bond acceptors (Lipinski definition) is 5. The highest BCUT2D eigenvalue weighted by Gasteiger charge is 2.27. The highest BCUT2D eigenvalue weighted by molar-refractivity contribution is 14.0. The molecular weight excluding hydrogens is 502 g/mol. The van der Waals surface area contributed by atoms with Gasteiger partial charge in [0.1, 0.15) is 24.3 Å². The zero-order valence-electron chi connectivity index (χ0n) is 17.6. The molecule has 3 rings (SSSR count). The topological polar surface area (TPSA) is 69.6 Å². The molecule has 0 radical (unpaired) electrons. The Bertz CT molecular complexity index is 644. The number of aliphatic hydroxyl groups excluding tert-OH is 1. The Balaban J connectivity index is 0.00000320. The number of likely N-dealkylation sites (tertiary alicyclic amines) is 1. The molecule has 9 heteroatoms. The molecule has 30 heavy (non-hydrogen) atoms. The standard InChI is InChI=1S/C21H33FN4O3.HI/c1-2-23-21(24-13-19(27)16-29-20-5-3-18(22)4-6-20)26-8-7-17(15-26)14-25-9-11-28-12-10-25;/h3-6,17,19,27H,2,7-16H2,1H3,(H,23,24);1H. The fourth-order valence-electron chi connectivity index (χ4n) is 3.72. The minimum absolute atomic E-state index is 0. The van der Waals surface area contributed by atoms with Crippen LogP contribution < -0.4 is 10.1 Å². The van der Waals surface area contributed by atoms with Crippen LogP contribution in [0, 0.1) is 11.7 Å². The van der Waals surface area contributed by atoms with Gasteiger partial charge < -0.3 is 24.8 Å². The molecule has 1 aromatic carbocycles. The van der Waals surface area contributed by atoms with E-state index in [9.17, 15) is 9.50 Å². The molecule has 0 aromatic heterocycles. The number of ether oxygens (including phenoxy) is 2. The number of hydrogen-bond donors (Lipinski definition) is 2. The maximum absolute atomic E-state index is 12.9. The third-order valence-electron chi connectivity index (χ3n) is 5.25. The Morgan fingerprint density at radius 3 is 2.73 bits per heavy atom. The summed E-state index contributed by atoms with van der Waals surface area (Å²) < 4.78 is 23.9. The van der Waals surface area contributed by atoms with Gasteiger partial charge >= 0.3 is 0 Å². The van der Waals surface area contributed by atoms with E-state index < -0.39 is 6.10 Å². The van der Waals surface area contributed by atoms with Crippen LogP contribution >= 0.6 is 24.0 Å². The van der Waals surface area contributed by atoms with Crippen LogP contribution in [0.4, 0.5) is 4.39 Å². The van der Waals surface area contributed by atoms with Crippen LogP contribution in [0.3, 0.4) is 0 Å². The quantitative estimate of drug-likeness (QED) is 0.300. The molecule has 2 aliphatic rings. The lowest BCUT2D eigenvalue weighted by molar-refractivity contribution is 0.0315. The number of aliphatic imine (C=N–C) groups is 1. The number of nitrogens with one attached hydrogen (secondary N) is 1. The third-order valence-corrected chi connectivity index (χ3v) is 5.25.